The zero-order valence-electron chi connectivity index (χ0n) is 11.3. The number of benzene rings is 2. The summed E-state index contributed by atoms with van der Waals surface area (Å²) in [5.74, 6) is -0.0822. The third kappa shape index (κ3) is 3.36. The molecule has 0 unspecified atom stereocenters. The smallest absolute Gasteiger partial charge is 0.337 e. The fourth-order valence-electron chi connectivity index (χ4n) is 2.02. The van der Waals surface area contributed by atoms with Crippen molar-refractivity contribution in [2.45, 2.75) is 6.54 Å². The van der Waals surface area contributed by atoms with E-state index < -0.39 is 0 Å². The number of ether oxygens (including phenoxy) is 1. The zero-order valence-corrected chi connectivity index (χ0v) is 11.3. The Morgan fingerprint density at radius 3 is 2.19 bits per heavy atom. The third-order valence-corrected chi connectivity index (χ3v) is 3.02. The maximum absolute atomic E-state index is 11.1. The molecule has 0 atom stereocenters. The molecule has 4 nitrogen and oxygen atoms in total. The number of cyclic esters (lactones) is 1. The number of nitrogens with zero attached hydrogens (tertiary/aromatic N) is 2. The van der Waals surface area contributed by atoms with E-state index in [1.807, 2.05) is 65.7 Å². The molecule has 4 heteroatoms. The van der Waals surface area contributed by atoms with E-state index in [-0.39, 0.29) is 5.97 Å². The molecule has 0 N–H and O–H groups in total. The predicted octanol–water partition coefficient (Wildman–Crippen LogP) is 3.12. The largest absolute Gasteiger partial charge is 0.403 e. The van der Waals surface area contributed by atoms with Gasteiger partial charge in [0, 0.05) is 12.2 Å². The van der Waals surface area contributed by atoms with Gasteiger partial charge in [-0.2, -0.15) is 0 Å². The number of hydrogen-bond acceptors (Lipinski definition) is 4. The Morgan fingerprint density at radius 1 is 0.905 bits per heavy atom. The first-order valence-corrected chi connectivity index (χ1v) is 6.66. The number of carbonyl (C=O) groups is 1. The molecule has 1 aliphatic heterocycles. The molecule has 21 heavy (non-hydrogen) atoms. The average Bonchev–Trinajstić information content (AvgIpc) is 2.94. The number of anilines is 1. The second kappa shape index (κ2) is 6.05. The van der Waals surface area contributed by atoms with Gasteiger partial charge >= 0.3 is 5.97 Å². The summed E-state index contributed by atoms with van der Waals surface area (Å²) >= 11 is 0. The summed E-state index contributed by atoms with van der Waals surface area (Å²) in [6, 6.07) is 19.8. The summed E-state index contributed by atoms with van der Waals surface area (Å²) in [6.45, 7) is 0.597. The van der Waals surface area contributed by atoms with Gasteiger partial charge in [-0.15, -0.1) is 5.10 Å². The maximum atomic E-state index is 11.1. The van der Waals surface area contributed by atoms with Gasteiger partial charge < -0.3 is 4.74 Å². The monoisotopic (exact) mass is 278 g/mol. The molecule has 1 heterocycles. The molecule has 0 saturated heterocycles. The molecule has 2 aromatic carbocycles. The molecule has 3 rings (SSSR count). The van der Waals surface area contributed by atoms with Crippen LogP contribution in [0.5, 0.6) is 0 Å². The maximum Gasteiger partial charge on any atom is 0.337 e. The van der Waals surface area contributed by atoms with Gasteiger partial charge in [-0.05, 0) is 17.7 Å². The van der Waals surface area contributed by atoms with E-state index in [0.717, 1.165) is 11.3 Å². The van der Waals surface area contributed by atoms with Crippen molar-refractivity contribution in [3.63, 3.8) is 0 Å². The Bertz CT molecular complexity index is 678. The number of esters is 1. The van der Waals surface area contributed by atoms with Gasteiger partial charge in [-0.25, -0.2) is 4.79 Å². The molecule has 0 fully saturated rings. The first-order valence-electron chi connectivity index (χ1n) is 6.66. The van der Waals surface area contributed by atoms with Crippen molar-refractivity contribution in [1.82, 2.24) is 0 Å². The summed E-state index contributed by atoms with van der Waals surface area (Å²) in [5.41, 5.74) is 2.06. The van der Waals surface area contributed by atoms with Crippen molar-refractivity contribution in [3.05, 3.63) is 78.4 Å². The first kappa shape index (κ1) is 13.1. The van der Waals surface area contributed by atoms with Crippen LogP contribution < -0.4 is 5.01 Å². The molecule has 0 amide bonds. The molecule has 1 aliphatic rings. The van der Waals surface area contributed by atoms with Crippen molar-refractivity contribution in [1.29, 1.82) is 0 Å². The average molecular weight is 278 g/mol. The van der Waals surface area contributed by atoms with E-state index in [1.165, 1.54) is 6.08 Å². The minimum absolute atomic E-state index is 0.305. The van der Waals surface area contributed by atoms with Crippen molar-refractivity contribution < 1.29 is 9.53 Å². The van der Waals surface area contributed by atoms with E-state index in [0.29, 0.717) is 12.4 Å². The van der Waals surface area contributed by atoms with Gasteiger partial charge in [0.15, 0.2) is 0 Å². The van der Waals surface area contributed by atoms with Gasteiger partial charge in [-0.1, -0.05) is 48.5 Å². The van der Waals surface area contributed by atoms with Gasteiger partial charge in [0.1, 0.15) is 0 Å². The summed E-state index contributed by atoms with van der Waals surface area (Å²) in [4.78, 5) is 11.1. The normalized spacial score (nSPS) is 15.2. The highest BCUT2D eigenvalue weighted by Gasteiger charge is 2.14. The lowest BCUT2D eigenvalue weighted by Gasteiger charge is -2.19. The molecule has 0 bridgehead atoms. The first-order chi connectivity index (χ1) is 10.3. The van der Waals surface area contributed by atoms with Crippen molar-refractivity contribution in [3.8, 4) is 0 Å². The topological polar surface area (TPSA) is 41.9 Å². The quantitative estimate of drug-likeness (QED) is 0.637. The molecule has 0 radical (unpaired) electrons. The predicted molar refractivity (Wildman–Crippen MR) is 81.7 cm³/mol. The van der Waals surface area contributed by atoms with Gasteiger partial charge in [0.2, 0.25) is 5.90 Å². The SMILES string of the molecule is O=C1C=CC(=NN(Cc2ccccc2)c2ccccc2)O1. The van der Waals surface area contributed by atoms with Crippen LogP contribution in [0.1, 0.15) is 5.56 Å². The highest BCUT2D eigenvalue weighted by molar-refractivity contribution is 6.07. The van der Waals surface area contributed by atoms with Crippen LogP contribution in [0.15, 0.2) is 77.9 Å². The van der Waals surface area contributed by atoms with Crippen molar-refractivity contribution in [2.75, 3.05) is 5.01 Å². The van der Waals surface area contributed by atoms with Crippen LogP contribution in [-0.4, -0.2) is 11.9 Å². The molecule has 0 saturated carbocycles. The Morgan fingerprint density at radius 2 is 1.57 bits per heavy atom. The summed E-state index contributed by atoms with van der Waals surface area (Å²) < 4.78 is 5.01. The molecule has 2 aromatic rings. The van der Waals surface area contributed by atoms with Crippen molar-refractivity contribution in [2.24, 2.45) is 5.10 Å². The summed E-state index contributed by atoms with van der Waals surface area (Å²) in [6.07, 6.45) is 2.94. The van der Waals surface area contributed by atoms with Crippen molar-refractivity contribution >= 4 is 17.6 Å². The van der Waals surface area contributed by atoms with E-state index in [4.69, 9.17) is 4.74 Å². The number of carbonyl (C=O) groups excluding carboxylic acids is 1. The molecular formula is C17H14N2O2. The Kier molecular flexibility index (Phi) is 3.78. The Labute approximate surface area is 123 Å². The van der Waals surface area contributed by atoms with Crippen LogP contribution in [0, 0.1) is 0 Å². The molecule has 104 valence electrons. The van der Waals surface area contributed by atoms with E-state index in [2.05, 4.69) is 5.10 Å². The zero-order chi connectivity index (χ0) is 14.5. The van der Waals surface area contributed by atoms with Gasteiger partial charge in [0.05, 0.1) is 12.2 Å². The summed E-state index contributed by atoms with van der Waals surface area (Å²) in [7, 11) is 0. The van der Waals surface area contributed by atoms with Crippen LogP contribution in [0.4, 0.5) is 5.69 Å². The number of rotatable bonds is 4. The number of para-hydroxylation sites is 1. The molecular weight excluding hydrogens is 264 g/mol. The number of hydrazone groups is 1. The number of hydrogen-bond donors (Lipinski definition) is 0. The van der Waals surface area contributed by atoms with E-state index >= 15 is 0 Å². The standard InChI is InChI=1S/C17H14N2O2/c20-17-12-11-16(21-17)18-19(15-9-5-2-6-10-15)13-14-7-3-1-4-8-14/h1-12H,13H2. The second-order valence-corrected chi connectivity index (χ2v) is 4.57. The van der Waals surface area contributed by atoms with E-state index in [1.54, 1.807) is 6.08 Å². The minimum Gasteiger partial charge on any atom is -0.403 e. The van der Waals surface area contributed by atoms with Crippen LogP contribution >= 0.6 is 0 Å². The fourth-order valence-corrected chi connectivity index (χ4v) is 2.02. The van der Waals surface area contributed by atoms with Crippen LogP contribution in [0.25, 0.3) is 0 Å². The van der Waals surface area contributed by atoms with Crippen LogP contribution in [0.3, 0.4) is 0 Å². The molecule has 0 aliphatic carbocycles. The lowest BCUT2D eigenvalue weighted by atomic mass is 10.2. The molecule has 0 spiro atoms. The second-order valence-electron chi connectivity index (χ2n) is 4.57. The third-order valence-electron chi connectivity index (χ3n) is 3.02. The Hall–Kier alpha value is -2.88. The lowest BCUT2D eigenvalue weighted by Crippen LogP contribution is -2.18. The summed E-state index contributed by atoms with van der Waals surface area (Å²) in [5, 5.41) is 6.22. The fraction of sp³-hybridized carbons (Fsp3) is 0.0588. The lowest BCUT2D eigenvalue weighted by molar-refractivity contribution is -0.129. The Balaban J connectivity index is 1.88. The highest BCUT2D eigenvalue weighted by Crippen LogP contribution is 2.18. The highest BCUT2D eigenvalue weighted by atomic mass is 16.5. The molecule has 0 aromatic heterocycles. The minimum atomic E-state index is -0.388. The van der Waals surface area contributed by atoms with Crippen LogP contribution in [-0.2, 0) is 16.1 Å². The van der Waals surface area contributed by atoms with Gasteiger partial charge in [0.25, 0.3) is 0 Å². The van der Waals surface area contributed by atoms with Gasteiger partial charge in [-0.3, -0.25) is 5.01 Å². The van der Waals surface area contributed by atoms with E-state index in [9.17, 15) is 4.79 Å². The van der Waals surface area contributed by atoms with Crippen LogP contribution in [0.2, 0.25) is 0 Å².